The second-order valence-corrected chi connectivity index (χ2v) is 3.78. The maximum absolute atomic E-state index is 11.4. The van der Waals surface area contributed by atoms with Crippen molar-refractivity contribution >= 4 is 17.4 Å². The summed E-state index contributed by atoms with van der Waals surface area (Å²) >= 11 is 5.64. The molecule has 70 valence electrons. The van der Waals surface area contributed by atoms with E-state index in [2.05, 4.69) is 6.92 Å². The highest BCUT2D eigenvalue weighted by atomic mass is 35.5. The second-order valence-electron chi connectivity index (χ2n) is 3.51. The number of ether oxygens (including phenoxy) is 1. The van der Waals surface area contributed by atoms with Crippen molar-refractivity contribution in [3.05, 3.63) is 0 Å². The normalized spacial score (nSPS) is 33.4. The number of hydrogen-bond acceptors (Lipinski definition) is 2. The predicted molar refractivity (Wildman–Crippen MR) is 48.5 cm³/mol. The number of Topliss-reactive ketones (excluding diaryl/α,β-unsaturated/α-hetero) is 1. The van der Waals surface area contributed by atoms with Crippen molar-refractivity contribution < 1.29 is 9.53 Å². The van der Waals surface area contributed by atoms with Crippen LogP contribution in [0.5, 0.6) is 0 Å². The van der Waals surface area contributed by atoms with E-state index in [1.54, 1.807) is 0 Å². The van der Waals surface area contributed by atoms with Crippen molar-refractivity contribution in [3.63, 3.8) is 0 Å². The Hall–Kier alpha value is -0.0800. The van der Waals surface area contributed by atoms with Crippen LogP contribution in [0.2, 0.25) is 0 Å². The molecule has 0 bridgehead atoms. The van der Waals surface area contributed by atoms with Gasteiger partial charge >= 0.3 is 0 Å². The minimum absolute atomic E-state index is 0.208. The van der Waals surface area contributed by atoms with Crippen LogP contribution in [-0.2, 0) is 9.53 Å². The lowest BCUT2D eigenvalue weighted by molar-refractivity contribution is -0.120. The lowest BCUT2D eigenvalue weighted by Crippen LogP contribution is -2.18. The first-order chi connectivity index (χ1) is 5.64. The molecule has 0 aromatic carbocycles. The minimum atomic E-state index is -0.355. The van der Waals surface area contributed by atoms with Crippen LogP contribution < -0.4 is 0 Å². The zero-order valence-corrected chi connectivity index (χ0v) is 8.36. The van der Waals surface area contributed by atoms with Crippen LogP contribution in [0.3, 0.4) is 0 Å². The summed E-state index contributed by atoms with van der Waals surface area (Å²) in [5.41, 5.74) is -0.355. The molecule has 0 aliphatic carbocycles. The van der Waals surface area contributed by atoms with Gasteiger partial charge in [-0.3, -0.25) is 4.79 Å². The molecular formula is C9H15ClO2. The highest BCUT2D eigenvalue weighted by molar-refractivity contribution is 6.19. The van der Waals surface area contributed by atoms with E-state index in [-0.39, 0.29) is 17.5 Å². The van der Waals surface area contributed by atoms with E-state index in [0.29, 0.717) is 12.3 Å². The predicted octanol–water partition coefficient (Wildman–Crippen LogP) is 2.14. The van der Waals surface area contributed by atoms with Gasteiger partial charge in [0, 0.05) is 6.42 Å². The summed E-state index contributed by atoms with van der Waals surface area (Å²) in [7, 11) is 0. The van der Waals surface area contributed by atoms with Gasteiger partial charge in [0.2, 0.25) is 0 Å². The third-order valence-corrected chi connectivity index (χ3v) is 2.75. The van der Waals surface area contributed by atoms with E-state index in [1.165, 1.54) is 0 Å². The maximum atomic E-state index is 11.4. The van der Waals surface area contributed by atoms with Gasteiger partial charge in [-0.1, -0.05) is 13.3 Å². The third-order valence-electron chi connectivity index (χ3n) is 2.22. The van der Waals surface area contributed by atoms with E-state index in [9.17, 15) is 4.79 Å². The maximum Gasteiger partial charge on any atom is 0.164 e. The van der Waals surface area contributed by atoms with Crippen LogP contribution in [0.25, 0.3) is 0 Å². The second kappa shape index (κ2) is 3.75. The van der Waals surface area contributed by atoms with Crippen molar-refractivity contribution in [2.45, 2.75) is 44.8 Å². The summed E-state index contributed by atoms with van der Waals surface area (Å²) in [6.07, 6.45) is 2.42. The first-order valence-corrected chi connectivity index (χ1v) is 4.94. The molecule has 1 rings (SSSR count). The fraction of sp³-hybridized carbons (Fsp3) is 0.889. The lowest BCUT2D eigenvalue weighted by Gasteiger charge is -1.98. The van der Waals surface area contributed by atoms with Crippen LogP contribution in [-0.4, -0.2) is 23.4 Å². The van der Waals surface area contributed by atoms with Gasteiger partial charge in [0.15, 0.2) is 5.78 Å². The van der Waals surface area contributed by atoms with Gasteiger partial charge < -0.3 is 4.74 Å². The molecule has 2 unspecified atom stereocenters. The first-order valence-electron chi connectivity index (χ1n) is 4.40. The van der Waals surface area contributed by atoms with Crippen molar-refractivity contribution in [1.29, 1.82) is 0 Å². The molecule has 0 aromatic rings. The van der Waals surface area contributed by atoms with Crippen LogP contribution in [0.15, 0.2) is 0 Å². The fourth-order valence-electron chi connectivity index (χ4n) is 1.23. The molecule has 1 heterocycles. The quantitative estimate of drug-likeness (QED) is 0.491. The Bertz CT molecular complexity index is 181. The van der Waals surface area contributed by atoms with Crippen LogP contribution in [0.4, 0.5) is 0 Å². The van der Waals surface area contributed by atoms with Crippen molar-refractivity contribution in [2.75, 3.05) is 5.88 Å². The van der Waals surface area contributed by atoms with E-state index in [0.717, 1.165) is 12.8 Å². The molecule has 0 saturated carbocycles. The average Bonchev–Trinajstić information content (AvgIpc) is 2.75. The van der Waals surface area contributed by atoms with Crippen molar-refractivity contribution in [1.82, 2.24) is 0 Å². The summed E-state index contributed by atoms with van der Waals surface area (Å²) in [6, 6.07) is 0. The van der Waals surface area contributed by atoms with Gasteiger partial charge in [-0.25, -0.2) is 0 Å². The number of alkyl halides is 1. The van der Waals surface area contributed by atoms with Crippen LogP contribution >= 0.6 is 11.6 Å². The number of unbranched alkanes of at least 4 members (excludes halogenated alkanes) is 1. The van der Waals surface area contributed by atoms with Crippen LogP contribution in [0.1, 0.15) is 33.1 Å². The van der Waals surface area contributed by atoms with Crippen LogP contribution in [0, 0.1) is 0 Å². The van der Waals surface area contributed by atoms with Gasteiger partial charge in [0.05, 0.1) is 5.88 Å². The summed E-state index contributed by atoms with van der Waals surface area (Å²) in [6.45, 7) is 3.95. The summed E-state index contributed by atoms with van der Waals surface area (Å²) < 4.78 is 5.23. The van der Waals surface area contributed by atoms with Gasteiger partial charge in [-0.2, -0.15) is 0 Å². The Morgan fingerprint density at radius 1 is 1.67 bits per heavy atom. The number of rotatable bonds is 5. The Balaban J connectivity index is 2.28. The number of carbonyl (C=O) groups excluding carboxylic acids is 1. The molecule has 0 N–H and O–H groups in total. The summed E-state index contributed by atoms with van der Waals surface area (Å²) in [5.74, 6) is 0.621. The summed E-state index contributed by atoms with van der Waals surface area (Å²) in [5, 5.41) is 0. The molecule has 0 spiro atoms. The molecular weight excluding hydrogens is 176 g/mol. The lowest BCUT2D eigenvalue weighted by atomic mass is 10.0. The number of epoxide rings is 1. The van der Waals surface area contributed by atoms with E-state index < -0.39 is 0 Å². The average molecular weight is 191 g/mol. The Kier molecular flexibility index (Phi) is 3.13. The minimum Gasteiger partial charge on any atom is -0.357 e. The molecule has 1 fully saturated rings. The molecule has 12 heavy (non-hydrogen) atoms. The SMILES string of the molecule is CCCCC(=O)C1OC1(C)CCl. The highest BCUT2D eigenvalue weighted by Crippen LogP contribution is 2.38. The summed E-state index contributed by atoms with van der Waals surface area (Å²) in [4.78, 5) is 11.4. The standard InChI is InChI=1S/C9H15ClO2/c1-3-4-5-7(11)8-9(2,6-10)12-8/h8H,3-6H2,1-2H3. The number of carbonyl (C=O) groups is 1. The van der Waals surface area contributed by atoms with E-state index in [1.807, 2.05) is 6.92 Å². The fourth-order valence-corrected chi connectivity index (χ4v) is 1.43. The molecule has 0 amide bonds. The molecule has 2 nitrogen and oxygen atoms in total. The molecule has 0 aromatic heterocycles. The molecule has 0 radical (unpaired) electrons. The Morgan fingerprint density at radius 3 is 2.75 bits per heavy atom. The third kappa shape index (κ3) is 1.99. The van der Waals surface area contributed by atoms with E-state index >= 15 is 0 Å². The monoisotopic (exact) mass is 190 g/mol. The van der Waals surface area contributed by atoms with Crippen molar-refractivity contribution in [3.8, 4) is 0 Å². The highest BCUT2D eigenvalue weighted by Gasteiger charge is 2.55. The smallest absolute Gasteiger partial charge is 0.164 e. The Labute approximate surface area is 78.2 Å². The van der Waals surface area contributed by atoms with Gasteiger partial charge in [0.1, 0.15) is 11.7 Å². The Morgan fingerprint density at radius 2 is 2.33 bits per heavy atom. The molecule has 3 heteroatoms. The molecule has 1 aliphatic rings. The topological polar surface area (TPSA) is 29.6 Å². The molecule has 2 atom stereocenters. The number of ketones is 1. The van der Waals surface area contributed by atoms with Gasteiger partial charge in [-0.15, -0.1) is 11.6 Å². The molecule has 1 saturated heterocycles. The van der Waals surface area contributed by atoms with E-state index in [4.69, 9.17) is 16.3 Å². The largest absolute Gasteiger partial charge is 0.357 e. The zero-order valence-electron chi connectivity index (χ0n) is 7.60. The van der Waals surface area contributed by atoms with Gasteiger partial charge in [0.25, 0.3) is 0 Å². The zero-order chi connectivity index (χ0) is 9.19. The number of hydrogen-bond donors (Lipinski definition) is 0. The first kappa shape index (κ1) is 10.0. The van der Waals surface area contributed by atoms with Gasteiger partial charge in [-0.05, 0) is 13.3 Å². The molecule has 1 aliphatic heterocycles. The number of halogens is 1. The van der Waals surface area contributed by atoms with Crippen molar-refractivity contribution in [2.24, 2.45) is 0 Å².